The van der Waals surface area contributed by atoms with Gasteiger partial charge in [0, 0.05) is 26.2 Å². The lowest BCUT2D eigenvalue weighted by Crippen LogP contribution is -2.55. The highest BCUT2D eigenvalue weighted by atomic mass is 16.4. The molecule has 2 rings (SSSR count). The summed E-state index contributed by atoms with van der Waals surface area (Å²) in [5, 5.41) is 9.45. The number of carboxylic acids is 1. The van der Waals surface area contributed by atoms with E-state index in [1.54, 1.807) is 4.90 Å². The molecule has 0 aromatic carbocycles. The lowest BCUT2D eigenvalue weighted by atomic mass is 9.89. The molecule has 0 spiro atoms. The monoisotopic (exact) mass is 297 g/mol. The first-order valence-corrected chi connectivity index (χ1v) is 7.99. The van der Waals surface area contributed by atoms with Gasteiger partial charge in [0.25, 0.3) is 0 Å². The first-order valence-electron chi connectivity index (χ1n) is 7.99. The van der Waals surface area contributed by atoms with E-state index in [9.17, 15) is 14.7 Å². The van der Waals surface area contributed by atoms with Crippen molar-refractivity contribution in [3.63, 3.8) is 0 Å². The number of carboxylic acid groups (broad SMARTS) is 1. The van der Waals surface area contributed by atoms with Crippen LogP contribution in [0, 0.1) is 5.92 Å². The Hall–Kier alpha value is -1.30. The zero-order valence-electron chi connectivity index (χ0n) is 13.1. The van der Waals surface area contributed by atoms with E-state index in [1.807, 2.05) is 4.90 Å². The molecule has 0 aliphatic carbocycles. The Morgan fingerprint density at radius 2 is 1.90 bits per heavy atom. The van der Waals surface area contributed by atoms with Crippen molar-refractivity contribution in [2.75, 3.05) is 39.8 Å². The number of carbonyl (C=O) groups is 2. The first-order chi connectivity index (χ1) is 10.0. The maximum Gasteiger partial charge on any atom is 0.326 e. The van der Waals surface area contributed by atoms with Gasteiger partial charge in [-0.1, -0.05) is 13.3 Å². The molecular formula is C15H27N3O3. The van der Waals surface area contributed by atoms with Crippen molar-refractivity contribution in [2.24, 2.45) is 5.92 Å². The second kappa shape index (κ2) is 7.11. The SMILES string of the molecule is CCC1CCN(C(=O)N2CCCN(C)CC2)C(C(=O)O)C1. The smallest absolute Gasteiger partial charge is 0.326 e. The number of piperidine rings is 1. The van der Waals surface area contributed by atoms with Gasteiger partial charge >= 0.3 is 12.0 Å². The van der Waals surface area contributed by atoms with E-state index in [0.29, 0.717) is 25.4 Å². The molecule has 120 valence electrons. The standard InChI is InChI=1S/C15H27N3O3/c1-3-12-5-8-18(13(11-12)14(19)20)15(21)17-7-4-6-16(2)9-10-17/h12-13H,3-11H2,1-2H3,(H,19,20). The summed E-state index contributed by atoms with van der Waals surface area (Å²) >= 11 is 0. The van der Waals surface area contributed by atoms with Gasteiger partial charge in [-0.3, -0.25) is 0 Å². The number of nitrogens with zero attached hydrogens (tertiary/aromatic N) is 3. The summed E-state index contributed by atoms with van der Waals surface area (Å²) in [7, 11) is 2.06. The van der Waals surface area contributed by atoms with Crippen molar-refractivity contribution in [2.45, 2.75) is 38.6 Å². The van der Waals surface area contributed by atoms with Crippen molar-refractivity contribution in [3.05, 3.63) is 0 Å². The Morgan fingerprint density at radius 3 is 2.57 bits per heavy atom. The zero-order valence-corrected chi connectivity index (χ0v) is 13.1. The van der Waals surface area contributed by atoms with Crippen LogP contribution in [-0.2, 0) is 4.79 Å². The van der Waals surface area contributed by atoms with Crippen LogP contribution in [-0.4, -0.2) is 77.6 Å². The summed E-state index contributed by atoms with van der Waals surface area (Å²) in [5.74, 6) is -0.446. The molecule has 2 aliphatic heterocycles. The summed E-state index contributed by atoms with van der Waals surface area (Å²) in [6.45, 7) is 5.92. The van der Waals surface area contributed by atoms with E-state index in [2.05, 4.69) is 18.9 Å². The Labute approximate surface area is 126 Å². The number of hydrogen-bond donors (Lipinski definition) is 1. The molecule has 2 saturated heterocycles. The van der Waals surface area contributed by atoms with Gasteiger partial charge in [0.2, 0.25) is 0 Å². The fourth-order valence-corrected chi connectivity index (χ4v) is 3.29. The number of carbonyl (C=O) groups excluding carboxylic acids is 1. The van der Waals surface area contributed by atoms with E-state index in [-0.39, 0.29) is 6.03 Å². The van der Waals surface area contributed by atoms with Crippen molar-refractivity contribution in [1.82, 2.24) is 14.7 Å². The Balaban J connectivity index is 2.04. The van der Waals surface area contributed by atoms with Crippen LogP contribution in [0.25, 0.3) is 0 Å². The van der Waals surface area contributed by atoms with Gasteiger partial charge in [0.15, 0.2) is 0 Å². The Morgan fingerprint density at radius 1 is 1.14 bits per heavy atom. The van der Waals surface area contributed by atoms with Gasteiger partial charge in [0.05, 0.1) is 0 Å². The van der Waals surface area contributed by atoms with Gasteiger partial charge in [-0.15, -0.1) is 0 Å². The summed E-state index contributed by atoms with van der Waals surface area (Å²) in [4.78, 5) is 29.8. The van der Waals surface area contributed by atoms with E-state index >= 15 is 0 Å². The molecule has 2 unspecified atom stereocenters. The van der Waals surface area contributed by atoms with E-state index in [1.165, 1.54) is 0 Å². The van der Waals surface area contributed by atoms with Gasteiger partial charge in [0.1, 0.15) is 6.04 Å². The average molecular weight is 297 g/mol. The number of rotatable bonds is 2. The highest BCUT2D eigenvalue weighted by Crippen LogP contribution is 2.26. The highest BCUT2D eigenvalue weighted by molar-refractivity contribution is 5.83. The molecule has 2 fully saturated rings. The van der Waals surface area contributed by atoms with Crippen LogP contribution in [0.5, 0.6) is 0 Å². The second-order valence-electron chi connectivity index (χ2n) is 6.27. The molecule has 0 radical (unpaired) electrons. The summed E-state index contributed by atoms with van der Waals surface area (Å²) in [6.07, 6.45) is 3.44. The third-order valence-electron chi connectivity index (χ3n) is 4.81. The zero-order chi connectivity index (χ0) is 15.4. The van der Waals surface area contributed by atoms with Crippen molar-refractivity contribution < 1.29 is 14.7 Å². The van der Waals surface area contributed by atoms with Crippen LogP contribution in [0.15, 0.2) is 0 Å². The first kappa shape index (κ1) is 16.1. The van der Waals surface area contributed by atoms with Gasteiger partial charge in [-0.05, 0) is 38.8 Å². The van der Waals surface area contributed by atoms with E-state index in [4.69, 9.17) is 0 Å². The molecule has 2 amide bonds. The minimum atomic E-state index is -0.867. The Bertz CT molecular complexity index is 388. The van der Waals surface area contributed by atoms with Crippen LogP contribution in [0.4, 0.5) is 4.79 Å². The number of amides is 2. The average Bonchev–Trinajstić information content (AvgIpc) is 2.70. The largest absolute Gasteiger partial charge is 0.480 e. The third kappa shape index (κ3) is 3.87. The molecule has 2 heterocycles. The van der Waals surface area contributed by atoms with Gasteiger partial charge in [-0.2, -0.15) is 0 Å². The minimum Gasteiger partial charge on any atom is -0.480 e. The molecule has 1 N–H and O–H groups in total. The van der Waals surface area contributed by atoms with E-state index < -0.39 is 12.0 Å². The molecular weight excluding hydrogens is 270 g/mol. The second-order valence-corrected chi connectivity index (χ2v) is 6.27. The van der Waals surface area contributed by atoms with Crippen LogP contribution >= 0.6 is 0 Å². The van der Waals surface area contributed by atoms with Crippen molar-refractivity contribution in [1.29, 1.82) is 0 Å². The molecule has 21 heavy (non-hydrogen) atoms. The number of hydrogen-bond acceptors (Lipinski definition) is 3. The Kier molecular flexibility index (Phi) is 5.45. The van der Waals surface area contributed by atoms with Crippen LogP contribution in [0.1, 0.15) is 32.6 Å². The molecule has 2 atom stereocenters. The summed E-state index contributed by atoms with van der Waals surface area (Å²) < 4.78 is 0. The predicted molar refractivity (Wildman–Crippen MR) is 80.2 cm³/mol. The third-order valence-corrected chi connectivity index (χ3v) is 4.81. The van der Waals surface area contributed by atoms with Crippen LogP contribution < -0.4 is 0 Å². The highest BCUT2D eigenvalue weighted by Gasteiger charge is 2.37. The maximum absolute atomic E-state index is 12.7. The summed E-state index contributed by atoms with van der Waals surface area (Å²) in [6, 6.07) is -0.746. The number of likely N-dealkylation sites (tertiary alicyclic amines) is 1. The molecule has 0 aromatic rings. The van der Waals surface area contributed by atoms with Gasteiger partial charge in [-0.25, -0.2) is 9.59 Å². The fraction of sp³-hybridized carbons (Fsp3) is 0.867. The quantitative estimate of drug-likeness (QED) is 0.835. The lowest BCUT2D eigenvalue weighted by molar-refractivity contribution is -0.144. The lowest BCUT2D eigenvalue weighted by Gasteiger charge is -2.39. The molecule has 2 aliphatic rings. The van der Waals surface area contributed by atoms with Gasteiger partial charge < -0.3 is 19.8 Å². The predicted octanol–water partition coefficient (Wildman–Crippen LogP) is 1.32. The van der Waals surface area contributed by atoms with Crippen LogP contribution in [0.2, 0.25) is 0 Å². The fourth-order valence-electron chi connectivity index (χ4n) is 3.29. The molecule has 6 nitrogen and oxygen atoms in total. The van der Waals surface area contributed by atoms with E-state index in [0.717, 1.165) is 38.9 Å². The molecule has 0 bridgehead atoms. The van der Waals surface area contributed by atoms with Crippen molar-refractivity contribution in [3.8, 4) is 0 Å². The molecule has 6 heteroatoms. The number of aliphatic carboxylic acids is 1. The van der Waals surface area contributed by atoms with Crippen molar-refractivity contribution >= 4 is 12.0 Å². The maximum atomic E-state index is 12.7. The summed E-state index contributed by atoms with van der Waals surface area (Å²) in [5.41, 5.74) is 0. The molecule has 0 saturated carbocycles. The number of urea groups is 1. The normalized spacial score (nSPS) is 28.3. The van der Waals surface area contributed by atoms with Crippen LogP contribution in [0.3, 0.4) is 0 Å². The number of likely N-dealkylation sites (N-methyl/N-ethyl adjacent to an activating group) is 1. The topological polar surface area (TPSA) is 64.1 Å². The minimum absolute atomic E-state index is 0.0905. The molecule has 0 aromatic heterocycles.